The maximum atomic E-state index is 13.7. The fraction of sp³-hybridized carbons (Fsp3) is 0.267. The van der Waals surface area contributed by atoms with Gasteiger partial charge in [-0.15, -0.1) is 11.3 Å². The van der Waals surface area contributed by atoms with E-state index < -0.39 is 16.0 Å². The van der Waals surface area contributed by atoms with Gasteiger partial charge < -0.3 is 0 Å². The molecule has 0 aliphatic carbocycles. The minimum Gasteiger partial charge on any atom is -0.206 e. The zero-order valence-electron chi connectivity index (χ0n) is 12.3. The predicted molar refractivity (Wildman–Crippen MR) is 86.5 cm³/mol. The summed E-state index contributed by atoms with van der Waals surface area (Å²) in [6, 6.07) is 9.69. The van der Waals surface area contributed by atoms with Crippen LogP contribution in [-0.4, -0.2) is 26.3 Å². The molecule has 120 valence electrons. The molecule has 1 atom stereocenters. The Morgan fingerprint density at radius 2 is 2.17 bits per heavy atom. The first-order chi connectivity index (χ1) is 10.9. The monoisotopic (exact) mass is 351 g/mol. The summed E-state index contributed by atoms with van der Waals surface area (Å²) in [6.07, 6.45) is 0.678. The molecular formula is C15H14FN3O2S2. The number of halogens is 1. The molecule has 0 radical (unpaired) electrons. The fourth-order valence-electron chi connectivity index (χ4n) is 2.41. The lowest BCUT2D eigenvalue weighted by Gasteiger charge is -2.29. The molecule has 0 bridgehead atoms. The van der Waals surface area contributed by atoms with Crippen LogP contribution in [0.4, 0.5) is 4.39 Å². The third-order valence-corrected chi connectivity index (χ3v) is 6.61. The van der Waals surface area contributed by atoms with Gasteiger partial charge in [0.1, 0.15) is 11.9 Å². The van der Waals surface area contributed by atoms with Crippen molar-refractivity contribution in [2.45, 2.75) is 12.5 Å². The van der Waals surface area contributed by atoms with E-state index in [0.29, 0.717) is 18.5 Å². The van der Waals surface area contributed by atoms with E-state index in [4.69, 9.17) is 5.26 Å². The molecule has 0 unspecified atom stereocenters. The lowest BCUT2D eigenvalue weighted by atomic mass is 10.1. The van der Waals surface area contributed by atoms with Crippen LogP contribution in [0.25, 0.3) is 10.4 Å². The Kier molecular flexibility index (Phi) is 4.21. The Morgan fingerprint density at radius 1 is 1.39 bits per heavy atom. The van der Waals surface area contributed by atoms with Crippen molar-refractivity contribution in [3.63, 3.8) is 0 Å². The summed E-state index contributed by atoms with van der Waals surface area (Å²) in [5.41, 5.74) is 0.683. The number of nitrogens with zero attached hydrogens (tertiary/aromatic N) is 2. The SMILES string of the molecule is CN1CC[C@@H](c2ccc(-c3ccc(C#N)c(F)c3)s2)NS1(=O)=O. The number of benzene rings is 1. The molecule has 1 saturated heterocycles. The fourth-order valence-corrected chi connectivity index (χ4v) is 4.71. The molecule has 2 aromatic rings. The molecule has 1 aromatic heterocycles. The normalized spacial score (nSPS) is 21.0. The quantitative estimate of drug-likeness (QED) is 0.904. The van der Waals surface area contributed by atoms with Crippen LogP contribution in [0, 0.1) is 17.1 Å². The second-order valence-corrected chi connectivity index (χ2v) is 8.22. The zero-order valence-corrected chi connectivity index (χ0v) is 13.9. The maximum absolute atomic E-state index is 13.7. The molecule has 23 heavy (non-hydrogen) atoms. The van der Waals surface area contributed by atoms with Crippen LogP contribution in [0.1, 0.15) is 22.9 Å². The van der Waals surface area contributed by atoms with Crippen molar-refractivity contribution < 1.29 is 12.8 Å². The van der Waals surface area contributed by atoms with E-state index in [0.717, 1.165) is 9.75 Å². The highest BCUT2D eigenvalue weighted by Gasteiger charge is 2.30. The first-order valence-electron chi connectivity index (χ1n) is 6.94. The van der Waals surface area contributed by atoms with Gasteiger partial charge in [-0.3, -0.25) is 0 Å². The van der Waals surface area contributed by atoms with Crippen LogP contribution in [0.2, 0.25) is 0 Å². The van der Waals surface area contributed by atoms with Gasteiger partial charge in [-0.05, 0) is 36.2 Å². The molecule has 1 N–H and O–H groups in total. The topological polar surface area (TPSA) is 73.2 Å². The molecule has 2 heterocycles. The first kappa shape index (κ1) is 16.1. The highest BCUT2D eigenvalue weighted by Crippen LogP contribution is 2.34. The molecule has 1 aliphatic heterocycles. The van der Waals surface area contributed by atoms with Gasteiger partial charge in [0.25, 0.3) is 10.2 Å². The van der Waals surface area contributed by atoms with Gasteiger partial charge >= 0.3 is 0 Å². The van der Waals surface area contributed by atoms with E-state index in [9.17, 15) is 12.8 Å². The van der Waals surface area contributed by atoms with E-state index in [-0.39, 0.29) is 11.6 Å². The van der Waals surface area contributed by atoms with E-state index in [2.05, 4.69) is 4.72 Å². The largest absolute Gasteiger partial charge is 0.279 e. The molecular weight excluding hydrogens is 337 g/mol. The Labute approximate surface area is 138 Å². The molecule has 0 saturated carbocycles. The molecule has 1 aromatic carbocycles. The van der Waals surface area contributed by atoms with E-state index in [1.165, 1.54) is 34.8 Å². The van der Waals surface area contributed by atoms with Crippen LogP contribution < -0.4 is 4.72 Å². The number of thiophene rings is 1. The summed E-state index contributed by atoms with van der Waals surface area (Å²) < 4.78 is 41.5. The first-order valence-corrected chi connectivity index (χ1v) is 9.20. The maximum Gasteiger partial charge on any atom is 0.279 e. The Morgan fingerprint density at radius 3 is 2.83 bits per heavy atom. The van der Waals surface area contributed by atoms with Crippen LogP contribution in [0.5, 0.6) is 0 Å². The van der Waals surface area contributed by atoms with Crippen molar-refractivity contribution in [2.24, 2.45) is 0 Å². The second-order valence-electron chi connectivity index (χ2n) is 5.29. The Bertz CT molecular complexity index is 886. The average molecular weight is 351 g/mol. The smallest absolute Gasteiger partial charge is 0.206 e. The van der Waals surface area contributed by atoms with Crippen LogP contribution in [0.15, 0.2) is 30.3 Å². The molecule has 1 fully saturated rings. The summed E-state index contributed by atoms with van der Waals surface area (Å²) in [7, 11) is -1.90. The molecule has 0 spiro atoms. The van der Waals surface area contributed by atoms with Gasteiger partial charge in [-0.1, -0.05) is 6.07 Å². The average Bonchev–Trinajstić information content (AvgIpc) is 3.00. The third kappa shape index (κ3) is 3.14. The molecule has 1 aliphatic rings. The third-order valence-electron chi connectivity index (χ3n) is 3.78. The minimum absolute atomic E-state index is 0.00797. The van der Waals surface area contributed by atoms with Crippen molar-refractivity contribution in [1.82, 2.24) is 9.03 Å². The summed E-state index contributed by atoms with van der Waals surface area (Å²) >= 11 is 1.42. The Hall–Kier alpha value is -1.79. The summed E-state index contributed by atoms with van der Waals surface area (Å²) in [5.74, 6) is -0.556. The number of nitriles is 1. The van der Waals surface area contributed by atoms with E-state index >= 15 is 0 Å². The highest BCUT2D eigenvalue weighted by molar-refractivity contribution is 7.87. The van der Waals surface area contributed by atoms with Crippen LogP contribution in [-0.2, 0) is 10.2 Å². The van der Waals surface area contributed by atoms with Crippen LogP contribution in [0.3, 0.4) is 0 Å². The van der Waals surface area contributed by atoms with E-state index in [1.54, 1.807) is 12.1 Å². The van der Waals surface area contributed by atoms with E-state index in [1.807, 2.05) is 12.1 Å². The Balaban J connectivity index is 1.87. The van der Waals surface area contributed by atoms with Gasteiger partial charge in [-0.25, -0.2) is 4.39 Å². The van der Waals surface area contributed by atoms with Gasteiger partial charge in [0.2, 0.25) is 0 Å². The van der Waals surface area contributed by atoms with Crippen LogP contribution >= 0.6 is 11.3 Å². The van der Waals surface area contributed by atoms with Crippen molar-refractivity contribution in [3.05, 3.63) is 46.6 Å². The number of hydrogen-bond donors (Lipinski definition) is 1. The molecule has 0 amide bonds. The summed E-state index contributed by atoms with van der Waals surface area (Å²) in [5, 5.41) is 8.77. The predicted octanol–water partition coefficient (Wildman–Crippen LogP) is 2.64. The van der Waals surface area contributed by atoms with Crippen molar-refractivity contribution >= 4 is 21.5 Å². The van der Waals surface area contributed by atoms with Crippen molar-refractivity contribution in [3.8, 4) is 16.5 Å². The van der Waals surface area contributed by atoms with Crippen molar-refractivity contribution in [2.75, 3.05) is 13.6 Å². The molecule has 3 rings (SSSR count). The molecule has 5 nitrogen and oxygen atoms in total. The summed E-state index contributed by atoms with van der Waals surface area (Å²) in [4.78, 5) is 1.72. The zero-order chi connectivity index (χ0) is 16.6. The molecule has 8 heteroatoms. The number of nitrogens with one attached hydrogen (secondary N) is 1. The van der Waals surface area contributed by atoms with Gasteiger partial charge in [0.05, 0.1) is 11.6 Å². The lowest BCUT2D eigenvalue weighted by Crippen LogP contribution is -2.46. The van der Waals surface area contributed by atoms with Gasteiger partial charge in [0.15, 0.2) is 0 Å². The number of rotatable bonds is 2. The van der Waals surface area contributed by atoms with Gasteiger partial charge in [0, 0.05) is 23.3 Å². The lowest BCUT2D eigenvalue weighted by molar-refractivity contribution is 0.384. The standard InChI is InChI=1S/C15H14FN3O2S2/c1-19-7-6-13(18-23(19,20)21)15-5-4-14(22-15)10-2-3-11(9-17)12(16)8-10/h2-5,8,13,18H,6-7H2,1H3/t13-/m0/s1. The van der Waals surface area contributed by atoms with Crippen molar-refractivity contribution in [1.29, 1.82) is 5.26 Å². The highest BCUT2D eigenvalue weighted by atomic mass is 32.2. The second kappa shape index (κ2) is 6.02. The summed E-state index contributed by atoms with van der Waals surface area (Å²) in [6.45, 7) is 0.457. The minimum atomic E-state index is -3.44. The van der Waals surface area contributed by atoms with Gasteiger partial charge in [-0.2, -0.15) is 22.7 Å². The number of hydrogen-bond acceptors (Lipinski definition) is 4.